The van der Waals surface area contributed by atoms with Crippen molar-refractivity contribution in [3.63, 3.8) is 0 Å². The van der Waals surface area contributed by atoms with Crippen LogP contribution in [0, 0.1) is 5.82 Å². The van der Waals surface area contributed by atoms with E-state index < -0.39 is 24.1 Å². The van der Waals surface area contributed by atoms with Gasteiger partial charge in [0.1, 0.15) is 5.82 Å². The van der Waals surface area contributed by atoms with Gasteiger partial charge in [0.2, 0.25) is 0 Å². The maximum atomic E-state index is 13.1. The molecule has 1 atom stereocenters. The molecule has 7 heteroatoms. The average molecular weight is 262 g/mol. The van der Waals surface area contributed by atoms with Gasteiger partial charge in [-0.1, -0.05) is 0 Å². The molecule has 1 heterocycles. The second-order valence-corrected chi connectivity index (χ2v) is 3.89. The van der Waals surface area contributed by atoms with Gasteiger partial charge in [0.25, 0.3) is 0 Å². The fourth-order valence-electron chi connectivity index (χ4n) is 2.03. The summed E-state index contributed by atoms with van der Waals surface area (Å²) in [7, 11) is 0. The van der Waals surface area contributed by atoms with E-state index in [4.69, 9.17) is 0 Å². The highest BCUT2D eigenvalue weighted by molar-refractivity contribution is 5.93. The molecule has 1 aliphatic rings. The molecule has 0 fully saturated rings. The predicted molar refractivity (Wildman–Crippen MR) is 56.6 cm³/mol. The highest BCUT2D eigenvalue weighted by Crippen LogP contribution is 2.43. The lowest BCUT2D eigenvalue weighted by Crippen LogP contribution is -2.47. The summed E-state index contributed by atoms with van der Waals surface area (Å²) in [6.45, 7) is 1.31. The van der Waals surface area contributed by atoms with E-state index in [1.165, 1.54) is 6.92 Å². The van der Waals surface area contributed by atoms with Crippen LogP contribution in [0.4, 0.5) is 28.0 Å². The molecule has 2 rings (SSSR count). The number of halogens is 4. The lowest BCUT2D eigenvalue weighted by Gasteiger charge is -2.37. The number of urea groups is 1. The maximum Gasteiger partial charge on any atom is 0.413 e. The van der Waals surface area contributed by atoms with Gasteiger partial charge in [-0.25, -0.2) is 9.18 Å². The summed E-state index contributed by atoms with van der Waals surface area (Å²) in [6.07, 6.45) is -4.64. The molecule has 1 aliphatic heterocycles. The second-order valence-electron chi connectivity index (χ2n) is 3.89. The lowest BCUT2D eigenvalue weighted by atomic mass is 10.00. The third-order valence-electron chi connectivity index (χ3n) is 2.77. The van der Waals surface area contributed by atoms with Crippen LogP contribution in [0.25, 0.3) is 0 Å². The van der Waals surface area contributed by atoms with Crippen molar-refractivity contribution in [3.05, 3.63) is 29.6 Å². The van der Waals surface area contributed by atoms with Crippen LogP contribution in [0.15, 0.2) is 18.2 Å². The molecular formula is C11H10F4N2O. The highest BCUT2D eigenvalue weighted by atomic mass is 19.4. The minimum Gasteiger partial charge on any atom is -0.308 e. The number of benzene rings is 1. The second kappa shape index (κ2) is 4.15. The smallest absolute Gasteiger partial charge is 0.308 e. The number of carbonyl (C=O) groups is 1. The van der Waals surface area contributed by atoms with Gasteiger partial charge < -0.3 is 10.2 Å². The number of anilines is 1. The van der Waals surface area contributed by atoms with E-state index in [1.807, 2.05) is 0 Å². The summed E-state index contributed by atoms with van der Waals surface area (Å²) in [5.41, 5.74) is -0.280. The van der Waals surface area contributed by atoms with E-state index in [2.05, 4.69) is 5.32 Å². The number of alkyl halides is 3. The number of rotatable bonds is 1. The summed E-state index contributed by atoms with van der Waals surface area (Å²) in [5.74, 6) is -0.768. The number of carbonyl (C=O) groups excluding carboxylic acids is 1. The van der Waals surface area contributed by atoms with Crippen molar-refractivity contribution in [2.24, 2.45) is 0 Å². The van der Waals surface area contributed by atoms with Crippen molar-refractivity contribution in [1.29, 1.82) is 0 Å². The Hall–Kier alpha value is -1.79. The van der Waals surface area contributed by atoms with Crippen LogP contribution in [0.3, 0.4) is 0 Å². The number of amides is 2. The first-order valence-electron chi connectivity index (χ1n) is 5.28. The average Bonchev–Trinajstić information content (AvgIpc) is 2.26. The van der Waals surface area contributed by atoms with Crippen LogP contribution in [-0.2, 0) is 0 Å². The molecule has 0 aliphatic carbocycles. The van der Waals surface area contributed by atoms with Gasteiger partial charge in [0, 0.05) is 17.8 Å². The van der Waals surface area contributed by atoms with E-state index in [0.717, 1.165) is 18.2 Å². The maximum absolute atomic E-state index is 13.1. The van der Waals surface area contributed by atoms with E-state index in [9.17, 15) is 22.4 Å². The molecule has 0 saturated heterocycles. The lowest BCUT2D eigenvalue weighted by molar-refractivity contribution is -0.178. The standard InChI is InChI=1S/C11H10F4N2O/c1-2-17-9(11(13,14)15)7-5-6(12)3-4-8(7)16-10(17)18/h3-5,9H,2H2,1H3,(H,16,18). The predicted octanol–water partition coefficient (Wildman–Crippen LogP) is 3.30. The topological polar surface area (TPSA) is 32.3 Å². The molecule has 1 N–H and O–H groups in total. The van der Waals surface area contributed by atoms with Crippen molar-refractivity contribution in [1.82, 2.24) is 4.90 Å². The van der Waals surface area contributed by atoms with Crippen molar-refractivity contribution in [2.75, 3.05) is 11.9 Å². The third-order valence-corrected chi connectivity index (χ3v) is 2.77. The Balaban J connectivity index is 2.59. The summed E-state index contributed by atoms with van der Waals surface area (Å²) in [5, 5.41) is 2.31. The van der Waals surface area contributed by atoms with Crippen LogP contribution < -0.4 is 5.32 Å². The van der Waals surface area contributed by atoms with Crippen LogP contribution in [0.1, 0.15) is 18.5 Å². The van der Waals surface area contributed by atoms with Crippen LogP contribution in [0.5, 0.6) is 0 Å². The molecular weight excluding hydrogens is 252 g/mol. The van der Waals surface area contributed by atoms with Crippen molar-refractivity contribution < 1.29 is 22.4 Å². The molecule has 18 heavy (non-hydrogen) atoms. The van der Waals surface area contributed by atoms with Gasteiger partial charge >= 0.3 is 12.2 Å². The molecule has 0 spiro atoms. The Morgan fingerprint density at radius 2 is 2.06 bits per heavy atom. The minimum atomic E-state index is -4.64. The molecule has 3 nitrogen and oxygen atoms in total. The van der Waals surface area contributed by atoms with Gasteiger partial charge in [0.05, 0.1) is 0 Å². The fourth-order valence-corrected chi connectivity index (χ4v) is 2.03. The molecule has 0 aromatic heterocycles. The quantitative estimate of drug-likeness (QED) is 0.774. The fraction of sp³-hybridized carbons (Fsp3) is 0.364. The van der Waals surface area contributed by atoms with Crippen molar-refractivity contribution >= 4 is 11.7 Å². The van der Waals surface area contributed by atoms with Crippen molar-refractivity contribution in [2.45, 2.75) is 19.1 Å². The SMILES string of the molecule is CCN1C(=O)Nc2ccc(F)cc2C1C(F)(F)F. The van der Waals surface area contributed by atoms with Crippen LogP contribution in [-0.4, -0.2) is 23.7 Å². The van der Waals surface area contributed by atoms with Gasteiger partial charge in [-0.05, 0) is 25.1 Å². The number of nitrogens with zero attached hydrogens (tertiary/aromatic N) is 1. The molecule has 1 aromatic rings. The van der Waals surface area contributed by atoms with Crippen LogP contribution in [0.2, 0.25) is 0 Å². The van der Waals surface area contributed by atoms with E-state index in [1.54, 1.807) is 0 Å². The minimum absolute atomic E-state index is 0.00609. The van der Waals surface area contributed by atoms with Gasteiger partial charge in [-0.15, -0.1) is 0 Å². The Kier molecular flexibility index (Phi) is 2.92. The van der Waals surface area contributed by atoms with E-state index in [0.29, 0.717) is 4.90 Å². The first-order valence-corrected chi connectivity index (χ1v) is 5.28. The Morgan fingerprint density at radius 1 is 1.39 bits per heavy atom. The first kappa shape index (κ1) is 12.7. The van der Waals surface area contributed by atoms with E-state index >= 15 is 0 Å². The molecule has 1 unspecified atom stereocenters. The van der Waals surface area contributed by atoms with Gasteiger partial charge in [0.15, 0.2) is 6.04 Å². The molecule has 0 radical (unpaired) electrons. The largest absolute Gasteiger partial charge is 0.413 e. The number of nitrogens with one attached hydrogen (secondary N) is 1. The number of fused-ring (bicyclic) bond motifs is 1. The van der Waals surface area contributed by atoms with Crippen molar-refractivity contribution in [3.8, 4) is 0 Å². The van der Waals surface area contributed by atoms with E-state index in [-0.39, 0.29) is 17.8 Å². The Bertz CT molecular complexity index is 486. The first-order chi connectivity index (χ1) is 8.34. The molecule has 1 aromatic carbocycles. The number of hydrogen-bond donors (Lipinski definition) is 1. The normalized spacial score (nSPS) is 19.5. The third kappa shape index (κ3) is 2.00. The highest BCUT2D eigenvalue weighted by Gasteiger charge is 2.49. The molecule has 0 bridgehead atoms. The van der Waals surface area contributed by atoms with Gasteiger partial charge in [-0.3, -0.25) is 0 Å². The summed E-state index contributed by atoms with van der Waals surface area (Å²) in [6, 6.07) is -0.00112. The Morgan fingerprint density at radius 3 is 2.61 bits per heavy atom. The zero-order valence-corrected chi connectivity index (χ0v) is 9.38. The Labute approximate surface area is 100 Å². The summed E-state index contributed by atoms with van der Waals surface area (Å²) in [4.78, 5) is 12.2. The molecule has 2 amide bonds. The summed E-state index contributed by atoms with van der Waals surface area (Å²) < 4.78 is 52.1. The summed E-state index contributed by atoms with van der Waals surface area (Å²) >= 11 is 0. The molecule has 98 valence electrons. The van der Waals surface area contributed by atoms with Gasteiger partial charge in [-0.2, -0.15) is 13.2 Å². The molecule has 0 saturated carbocycles. The van der Waals surface area contributed by atoms with Crippen LogP contribution >= 0.6 is 0 Å². The zero-order valence-electron chi connectivity index (χ0n) is 9.38. The monoisotopic (exact) mass is 262 g/mol. The number of hydrogen-bond acceptors (Lipinski definition) is 1. The zero-order chi connectivity index (χ0) is 13.5.